The fourth-order valence-corrected chi connectivity index (χ4v) is 5.00. The van der Waals surface area contributed by atoms with E-state index < -0.39 is 7.60 Å². The van der Waals surface area contributed by atoms with E-state index in [9.17, 15) is 9.36 Å². The Balaban J connectivity index is 1.70. The van der Waals surface area contributed by atoms with Gasteiger partial charge in [0.1, 0.15) is 5.75 Å². The Bertz CT molecular complexity index is 1180. The molecule has 3 rings (SSSR count). The molecule has 0 aliphatic carbocycles. The molecule has 0 aromatic heterocycles. The smallest absolute Gasteiger partial charge is 0.325 e. The van der Waals surface area contributed by atoms with Gasteiger partial charge >= 0.3 is 7.60 Å². The minimum Gasteiger partial charge on any atom is -0.497 e. The second kappa shape index (κ2) is 12.3. The number of benzene rings is 3. The largest absolute Gasteiger partial charge is 0.497 e. The van der Waals surface area contributed by atoms with Crippen molar-refractivity contribution in [2.24, 2.45) is 0 Å². The molecule has 2 N–H and O–H groups in total. The molecule has 0 heterocycles. The molecule has 0 amide bonds. The molecule has 35 heavy (non-hydrogen) atoms. The van der Waals surface area contributed by atoms with Crippen molar-refractivity contribution in [1.82, 2.24) is 0 Å². The molecule has 0 radical (unpaired) electrons. The predicted molar refractivity (Wildman–Crippen MR) is 143 cm³/mol. The minimum atomic E-state index is -3.89. The van der Waals surface area contributed by atoms with Crippen LogP contribution in [0.4, 0.5) is 5.69 Å². The van der Waals surface area contributed by atoms with E-state index in [1.54, 1.807) is 7.11 Å². The number of nitrogens with zero attached hydrogens (tertiary/aromatic N) is 1. The molecule has 0 spiro atoms. The number of hydrogen-bond acceptors (Lipinski definition) is 4. The van der Waals surface area contributed by atoms with Crippen molar-refractivity contribution in [1.29, 1.82) is 0 Å². The van der Waals surface area contributed by atoms with E-state index in [4.69, 9.17) is 14.5 Å². The van der Waals surface area contributed by atoms with Crippen LogP contribution in [0.25, 0.3) is 10.8 Å². The number of ketones is 1. The quantitative estimate of drug-likeness (QED) is 0.171. The van der Waals surface area contributed by atoms with Gasteiger partial charge in [-0.25, -0.2) is 0 Å². The van der Waals surface area contributed by atoms with Gasteiger partial charge in [-0.2, -0.15) is 0 Å². The Morgan fingerprint density at radius 1 is 0.914 bits per heavy atom. The van der Waals surface area contributed by atoms with Gasteiger partial charge in [-0.1, -0.05) is 36.8 Å². The zero-order chi connectivity index (χ0) is 25.4. The lowest BCUT2D eigenvalue weighted by molar-refractivity contribution is 0.0993. The Morgan fingerprint density at radius 3 is 2.23 bits per heavy atom. The number of hydrogen-bond donors (Lipinski definition) is 2. The average molecular weight is 498 g/mol. The Morgan fingerprint density at radius 2 is 1.60 bits per heavy atom. The molecule has 0 bridgehead atoms. The first kappa shape index (κ1) is 26.9. The van der Waals surface area contributed by atoms with Crippen LogP contribution in [0.15, 0.2) is 54.6 Å². The van der Waals surface area contributed by atoms with E-state index in [-0.39, 0.29) is 11.9 Å². The third kappa shape index (κ3) is 7.66. The van der Waals surface area contributed by atoms with Gasteiger partial charge in [0.2, 0.25) is 0 Å². The van der Waals surface area contributed by atoms with Crippen molar-refractivity contribution < 1.29 is 23.9 Å². The summed E-state index contributed by atoms with van der Waals surface area (Å²) in [7, 11) is -2.23. The van der Waals surface area contributed by atoms with Crippen LogP contribution in [0.3, 0.4) is 0 Å². The Kier molecular flexibility index (Phi) is 9.50. The Labute approximate surface area is 208 Å². The lowest BCUT2D eigenvalue weighted by Crippen LogP contribution is -2.22. The van der Waals surface area contributed by atoms with Crippen LogP contribution in [0, 0.1) is 0 Å². The van der Waals surface area contributed by atoms with Gasteiger partial charge in [-0.05, 0) is 73.9 Å². The van der Waals surface area contributed by atoms with Crippen molar-refractivity contribution in [2.45, 2.75) is 46.0 Å². The van der Waals surface area contributed by atoms with Gasteiger partial charge in [-0.3, -0.25) is 9.36 Å². The minimum absolute atomic E-state index is 0.0493. The number of ether oxygens (including phenoxy) is 1. The van der Waals surface area contributed by atoms with E-state index in [0.29, 0.717) is 18.4 Å². The van der Waals surface area contributed by atoms with Crippen LogP contribution in [0.2, 0.25) is 0 Å². The lowest BCUT2D eigenvalue weighted by Gasteiger charge is -2.24. The van der Waals surface area contributed by atoms with E-state index in [1.807, 2.05) is 54.6 Å². The topological polar surface area (TPSA) is 87.1 Å². The van der Waals surface area contributed by atoms with Crippen molar-refractivity contribution in [3.63, 3.8) is 0 Å². The zero-order valence-electron chi connectivity index (χ0n) is 20.9. The fraction of sp³-hybridized carbons (Fsp3) is 0.393. The van der Waals surface area contributed by atoms with E-state index >= 15 is 0 Å². The molecule has 0 atom stereocenters. The highest BCUT2D eigenvalue weighted by molar-refractivity contribution is 7.51. The van der Waals surface area contributed by atoms with Gasteiger partial charge in [0.05, 0.1) is 7.11 Å². The molecular weight excluding hydrogens is 461 g/mol. The molecule has 0 aliphatic heterocycles. The summed E-state index contributed by atoms with van der Waals surface area (Å²) in [6.45, 7) is 5.93. The first-order chi connectivity index (χ1) is 16.7. The number of carbonyl (C=O) groups is 1. The summed E-state index contributed by atoms with van der Waals surface area (Å²) >= 11 is 0. The SMILES string of the molecule is CCN(CC)c1cc(C(=O)Cc2ccc(CCCCCP(=O)(O)O)cc2)cc2ccc(OC)cc12. The number of fused-ring (bicyclic) bond motifs is 1. The number of carbonyl (C=O) groups excluding carboxylic acids is 1. The van der Waals surface area contributed by atoms with Gasteiger partial charge in [0, 0.05) is 42.3 Å². The summed E-state index contributed by atoms with van der Waals surface area (Å²) < 4.78 is 16.3. The molecule has 0 saturated carbocycles. The average Bonchev–Trinajstić information content (AvgIpc) is 2.84. The second-order valence-corrected chi connectivity index (χ2v) is 10.6. The van der Waals surface area contributed by atoms with Crippen molar-refractivity contribution in [3.8, 4) is 5.75 Å². The molecule has 0 aliphatic rings. The highest BCUT2D eigenvalue weighted by atomic mass is 31.2. The number of Topliss-reactive ketones (excluding diaryl/α,β-unsaturated/α-hetero) is 1. The maximum atomic E-state index is 13.2. The molecule has 188 valence electrons. The summed E-state index contributed by atoms with van der Waals surface area (Å²) in [6.07, 6.45) is 3.35. The number of anilines is 1. The van der Waals surface area contributed by atoms with E-state index in [1.165, 1.54) is 5.56 Å². The first-order valence-corrected chi connectivity index (χ1v) is 14.1. The van der Waals surface area contributed by atoms with Crippen LogP contribution in [-0.2, 0) is 17.4 Å². The summed E-state index contributed by atoms with van der Waals surface area (Å²) in [5.74, 6) is 0.883. The summed E-state index contributed by atoms with van der Waals surface area (Å²) in [5, 5.41) is 2.10. The van der Waals surface area contributed by atoms with Crippen molar-refractivity contribution in [2.75, 3.05) is 31.3 Å². The number of unbranched alkanes of at least 4 members (excludes halogenated alkanes) is 2. The van der Waals surface area contributed by atoms with Crippen molar-refractivity contribution in [3.05, 3.63) is 71.3 Å². The van der Waals surface area contributed by atoms with Crippen molar-refractivity contribution >= 4 is 29.8 Å². The summed E-state index contributed by atoms with van der Waals surface area (Å²) in [5.41, 5.74) is 3.89. The van der Waals surface area contributed by atoms with E-state index in [2.05, 4.69) is 18.7 Å². The molecular formula is C28H36NO5P. The molecule has 0 fully saturated rings. The number of rotatable bonds is 13. The van der Waals surface area contributed by atoms with Gasteiger partial charge in [0.25, 0.3) is 0 Å². The van der Waals surface area contributed by atoms with Crippen LogP contribution in [0.5, 0.6) is 5.75 Å². The Hall–Kier alpha value is -2.66. The third-order valence-corrected chi connectivity index (χ3v) is 7.27. The van der Waals surface area contributed by atoms with Crippen LogP contribution < -0.4 is 9.64 Å². The van der Waals surface area contributed by atoms with Gasteiger partial charge < -0.3 is 19.4 Å². The van der Waals surface area contributed by atoms with Gasteiger partial charge in [-0.15, -0.1) is 0 Å². The monoisotopic (exact) mass is 497 g/mol. The highest BCUT2D eigenvalue weighted by Gasteiger charge is 2.15. The number of methoxy groups -OCH3 is 1. The van der Waals surface area contributed by atoms with Crippen LogP contribution >= 0.6 is 7.60 Å². The maximum Gasteiger partial charge on any atom is 0.325 e. The standard InChI is InChI=1S/C28H36NO5P/c1-4-29(5-2)27-19-24(18-23-14-15-25(34-3)20-26(23)27)28(30)17-22-12-10-21(11-13-22)9-7-6-8-16-35(31,32)33/h10-15,18-20H,4-9,16-17H2,1-3H3,(H2,31,32,33). The molecule has 3 aromatic carbocycles. The fourth-order valence-electron chi connectivity index (χ4n) is 4.37. The van der Waals surface area contributed by atoms with Crippen LogP contribution in [0.1, 0.15) is 54.6 Å². The highest BCUT2D eigenvalue weighted by Crippen LogP contribution is 2.35. The molecule has 6 nitrogen and oxygen atoms in total. The third-order valence-electron chi connectivity index (χ3n) is 6.37. The van der Waals surface area contributed by atoms with Gasteiger partial charge in [0.15, 0.2) is 5.78 Å². The lowest BCUT2D eigenvalue weighted by atomic mass is 9.97. The maximum absolute atomic E-state index is 13.2. The second-order valence-electron chi connectivity index (χ2n) is 8.87. The normalized spacial score (nSPS) is 11.6. The molecule has 0 unspecified atom stereocenters. The number of aryl methyl sites for hydroxylation is 1. The van der Waals surface area contributed by atoms with Crippen LogP contribution in [-0.4, -0.2) is 41.9 Å². The molecule has 7 heteroatoms. The van der Waals surface area contributed by atoms with E-state index in [0.717, 1.165) is 60.1 Å². The molecule has 0 saturated heterocycles. The zero-order valence-corrected chi connectivity index (χ0v) is 21.8. The first-order valence-electron chi connectivity index (χ1n) is 12.3. The summed E-state index contributed by atoms with van der Waals surface area (Å²) in [6, 6.07) is 18.0. The predicted octanol–water partition coefficient (Wildman–Crippen LogP) is 6.01. The summed E-state index contributed by atoms with van der Waals surface area (Å²) in [4.78, 5) is 33.4. The molecule has 3 aromatic rings.